The maximum absolute atomic E-state index is 13.6. The summed E-state index contributed by atoms with van der Waals surface area (Å²) in [5, 5.41) is 3.39. The summed E-state index contributed by atoms with van der Waals surface area (Å²) in [6.07, 6.45) is 4.74. The first-order valence-corrected chi connectivity index (χ1v) is 10.2. The summed E-state index contributed by atoms with van der Waals surface area (Å²) in [6.45, 7) is 4.13. The van der Waals surface area contributed by atoms with Crippen LogP contribution in [-0.2, 0) is 10.2 Å². The zero-order valence-electron chi connectivity index (χ0n) is 17.0. The number of amides is 1. The van der Waals surface area contributed by atoms with Gasteiger partial charge in [0.15, 0.2) is 0 Å². The van der Waals surface area contributed by atoms with Gasteiger partial charge in [0.05, 0.1) is 18.6 Å². The Morgan fingerprint density at radius 3 is 2.50 bits per heavy atom. The van der Waals surface area contributed by atoms with Crippen LogP contribution in [0.25, 0.3) is 0 Å². The number of carbonyl (C=O) groups is 1. The van der Waals surface area contributed by atoms with Gasteiger partial charge in [-0.05, 0) is 44.4 Å². The molecule has 1 saturated carbocycles. The van der Waals surface area contributed by atoms with E-state index in [4.69, 9.17) is 9.47 Å². The van der Waals surface area contributed by atoms with Crippen LogP contribution in [0.3, 0.4) is 0 Å². The third-order valence-electron chi connectivity index (χ3n) is 6.20. The zero-order valence-corrected chi connectivity index (χ0v) is 17.0. The van der Waals surface area contributed by atoms with Crippen LogP contribution in [0.2, 0.25) is 0 Å². The van der Waals surface area contributed by atoms with Crippen molar-refractivity contribution < 1.29 is 14.3 Å². The summed E-state index contributed by atoms with van der Waals surface area (Å²) >= 11 is 0. The highest BCUT2D eigenvalue weighted by atomic mass is 16.5. The molecule has 0 aromatic heterocycles. The predicted octanol–water partition coefficient (Wildman–Crippen LogP) is 4.93. The second kappa shape index (κ2) is 7.16. The van der Waals surface area contributed by atoms with Gasteiger partial charge in [-0.15, -0.1) is 0 Å². The lowest BCUT2D eigenvalue weighted by Gasteiger charge is -2.39. The molecule has 148 valence electrons. The van der Waals surface area contributed by atoms with E-state index in [0.717, 1.165) is 54.7 Å². The summed E-state index contributed by atoms with van der Waals surface area (Å²) in [4.78, 5) is 13.6. The normalized spacial score (nSPS) is 22.0. The molecule has 4 heteroatoms. The van der Waals surface area contributed by atoms with E-state index in [2.05, 4.69) is 31.3 Å². The third-order valence-corrected chi connectivity index (χ3v) is 6.20. The minimum Gasteiger partial charge on any atom is -0.497 e. The molecule has 0 spiro atoms. The van der Waals surface area contributed by atoms with E-state index < -0.39 is 5.41 Å². The van der Waals surface area contributed by atoms with Gasteiger partial charge >= 0.3 is 0 Å². The Hall–Kier alpha value is -2.49. The molecular weight excluding hydrogens is 350 g/mol. The fourth-order valence-electron chi connectivity index (χ4n) is 4.77. The molecule has 2 aliphatic rings. The molecule has 1 aliphatic carbocycles. The molecule has 1 amide bonds. The first kappa shape index (κ1) is 18.9. The van der Waals surface area contributed by atoms with E-state index in [9.17, 15) is 4.79 Å². The van der Waals surface area contributed by atoms with Crippen LogP contribution in [-0.4, -0.2) is 18.6 Å². The second-order valence-corrected chi connectivity index (χ2v) is 8.65. The molecule has 0 saturated heterocycles. The Morgan fingerprint density at radius 2 is 1.82 bits per heavy atom. The summed E-state index contributed by atoms with van der Waals surface area (Å²) in [7, 11) is 1.65. The zero-order chi connectivity index (χ0) is 19.8. The van der Waals surface area contributed by atoms with E-state index in [0.29, 0.717) is 0 Å². The number of methoxy groups -OCH3 is 1. The molecule has 1 atom stereocenters. The average Bonchev–Trinajstić information content (AvgIpc) is 3.18. The van der Waals surface area contributed by atoms with E-state index in [-0.39, 0.29) is 17.6 Å². The number of carbonyl (C=O) groups excluding carboxylic acids is 1. The van der Waals surface area contributed by atoms with Crippen molar-refractivity contribution in [2.75, 3.05) is 7.11 Å². The topological polar surface area (TPSA) is 47.6 Å². The fourth-order valence-corrected chi connectivity index (χ4v) is 4.77. The van der Waals surface area contributed by atoms with Crippen LogP contribution in [0.5, 0.6) is 11.5 Å². The molecule has 1 aliphatic heterocycles. The lowest BCUT2D eigenvalue weighted by molar-refractivity contribution is -0.128. The Kier molecular flexibility index (Phi) is 4.82. The van der Waals surface area contributed by atoms with Gasteiger partial charge in [0.1, 0.15) is 17.1 Å². The summed E-state index contributed by atoms with van der Waals surface area (Å²) in [5.74, 6) is 1.69. The summed E-state index contributed by atoms with van der Waals surface area (Å²) in [5.41, 5.74) is 1.38. The maximum Gasteiger partial charge on any atom is 0.231 e. The standard InChI is InChI=1S/C24H29NO3/c1-23(2)16-20(19-12-11-18(27-3)15-21(19)28-23)25-22(26)24(13-7-8-14-24)17-9-5-4-6-10-17/h4-6,9-12,15,20H,7-8,13-14,16H2,1-3H3,(H,25,26)/t20-/m0/s1. The Balaban J connectivity index is 1.65. The van der Waals surface area contributed by atoms with Gasteiger partial charge in [-0.25, -0.2) is 0 Å². The molecule has 0 unspecified atom stereocenters. The number of rotatable bonds is 4. The molecule has 1 heterocycles. The van der Waals surface area contributed by atoms with Gasteiger partial charge < -0.3 is 14.8 Å². The Morgan fingerprint density at radius 1 is 1.11 bits per heavy atom. The highest BCUT2D eigenvalue weighted by molar-refractivity contribution is 5.89. The molecule has 4 rings (SSSR count). The smallest absolute Gasteiger partial charge is 0.231 e. The van der Waals surface area contributed by atoms with Gasteiger partial charge in [-0.1, -0.05) is 43.2 Å². The summed E-state index contributed by atoms with van der Waals surface area (Å²) < 4.78 is 11.5. The van der Waals surface area contributed by atoms with Gasteiger partial charge in [-0.3, -0.25) is 4.79 Å². The Bertz CT molecular complexity index is 853. The molecule has 1 N–H and O–H groups in total. The number of ether oxygens (including phenoxy) is 2. The molecule has 4 nitrogen and oxygen atoms in total. The number of hydrogen-bond donors (Lipinski definition) is 1. The van der Waals surface area contributed by atoms with Crippen molar-refractivity contribution >= 4 is 5.91 Å². The average molecular weight is 380 g/mol. The largest absolute Gasteiger partial charge is 0.497 e. The van der Waals surface area contributed by atoms with Crippen molar-refractivity contribution in [1.82, 2.24) is 5.32 Å². The van der Waals surface area contributed by atoms with Crippen molar-refractivity contribution in [2.45, 2.75) is 63.0 Å². The minimum absolute atomic E-state index is 0.0710. The van der Waals surface area contributed by atoms with Gasteiger partial charge in [0, 0.05) is 18.1 Å². The van der Waals surface area contributed by atoms with Gasteiger partial charge in [-0.2, -0.15) is 0 Å². The highest BCUT2D eigenvalue weighted by Crippen LogP contribution is 2.44. The molecule has 0 bridgehead atoms. The fraction of sp³-hybridized carbons (Fsp3) is 0.458. The number of benzene rings is 2. The second-order valence-electron chi connectivity index (χ2n) is 8.65. The van der Waals surface area contributed by atoms with Crippen LogP contribution >= 0.6 is 0 Å². The van der Waals surface area contributed by atoms with E-state index in [1.165, 1.54) is 0 Å². The first-order valence-electron chi connectivity index (χ1n) is 10.2. The van der Waals surface area contributed by atoms with Crippen molar-refractivity contribution in [3.63, 3.8) is 0 Å². The molecule has 0 radical (unpaired) electrons. The molecule has 2 aromatic rings. The maximum atomic E-state index is 13.6. The summed E-state index contributed by atoms with van der Waals surface area (Å²) in [6, 6.07) is 16.0. The molecule has 2 aromatic carbocycles. The van der Waals surface area contributed by atoms with Crippen molar-refractivity contribution in [3.05, 3.63) is 59.7 Å². The SMILES string of the molecule is COc1ccc2c(c1)OC(C)(C)C[C@@H]2NC(=O)C1(c2ccccc2)CCCC1. The first-order chi connectivity index (χ1) is 13.4. The molecule has 1 fully saturated rings. The van der Waals surface area contributed by atoms with Crippen LogP contribution < -0.4 is 14.8 Å². The highest BCUT2D eigenvalue weighted by Gasteiger charge is 2.44. The predicted molar refractivity (Wildman–Crippen MR) is 110 cm³/mol. The lowest BCUT2D eigenvalue weighted by atomic mass is 9.77. The number of fused-ring (bicyclic) bond motifs is 1. The minimum atomic E-state index is -0.420. The van der Waals surface area contributed by atoms with E-state index >= 15 is 0 Å². The van der Waals surface area contributed by atoms with Crippen LogP contribution in [0.15, 0.2) is 48.5 Å². The quantitative estimate of drug-likeness (QED) is 0.820. The van der Waals surface area contributed by atoms with Crippen LogP contribution in [0, 0.1) is 0 Å². The van der Waals surface area contributed by atoms with E-state index in [1.54, 1.807) is 7.11 Å². The van der Waals surface area contributed by atoms with Crippen molar-refractivity contribution in [3.8, 4) is 11.5 Å². The number of nitrogens with one attached hydrogen (secondary N) is 1. The van der Waals surface area contributed by atoms with Crippen molar-refractivity contribution in [2.24, 2.45) is 0 Å². The van der Waals surface area contributed by atoms with E-state index in [1.807, 2.05) is 36.4 Å². The lowest BCUT2D eigenvalue weighted by Crippen LogP contribution is -2.47. The third kappa shape index (κ3) is 3.36. The molecule has 28 heavy (non-hydrogen) atoms. The van der Waals surface area contributed by atoms with Crippen molar-refractivity contribution in [1.29, 1.82) is 0 Å². The molecular formula is C24H29NO3. The monoisotopic (exact) mass is 379 g/mol. The van der Waals surface area contributed by atoms with Crippen LogP contribution in [0.1, 0.15) is 63.1 Å². The Labute approximate surface area is 167 Å². The van der Waals surface area contributed by atoms with Crippen LogP contribution in [0.4, 0.5) is 0 Å². The van der Waals surface area contributed by atoms with Gasteiger partial charge in [0.2, 0.25) is 5.91 Å². The number of hydrogen-bond acceptors (Lipinski definition) is 3. The van der Waals surface area contributed by atoms with Gasteiger partial charge in [0.25, 0.3) is 0 Å².